The fourth-order valence-electron chi connectivity index (χ4n) is 2.48. The Hall–Kier alpha value is -1.76. The van der Waals surface area contributed by atoms with Gasteiger partial charge in [0.15, 0.2) is 0 Å². The Morgan fingerprint density at radius 3 is 2.18 bits per heavy atom. The SMILES string of the molecule is CC(N)CC(=O)N1CCN(c2ccc(C(F)(F)F)cc2)CC1. The number of hydrogen-bond donors (Lipinski definition) is 1. The average Bonchev–Trinajstić information content (AvgIpc) is 2.46. The molecule has 0 bridgehead atoms. The second-order valence-corrected chi connectivity index (χ2v) is 5.59. The Bertz CT molecular complexity index is 506. The first kappa shape index (κ1) is 16.6. The normalized spacial score (nSPS) is 17.5. The van der Waals surface area contributed by atoms with Crippen LogP contribution >= 0.6 is 0 Å². The van der Waals surface area contributed by atoms with E-state index in [0.29, 0.717) is 32.6 Å². The molecule has 1 amide bonds. The van der Waals surface area contributed by atoms with Crippen LogP contribution < -0.4 is 10.6 Å². The number of hydrogen-bond acceptors (Lipinski definition) is 3. The lowest BCUT2D eigenvalue weighted by Gasteiger charge is -2.36. The van der Waals surface area contributed by atoms with E-state index >= 15 is 0 Å². The molecule has 0 aliphatic carbocycles. The van der Waals surface area contributed by atoms with Crippen molar-refractivity contribution in [1.29, 1.82) is 0 Å². The van der Waals surface area contributed by atoms with Gasteiger partial charge in [-0.3, -0.25) is 4.79 Å². The zero-order valence-corrected chi connectivity index (χ0v) is 12.4. The molecule has 122 valence electrons. The van der Waals surface area contributed by atoms with Crippen LogP contribution in [-0.4, -0.2) is 43.0 Å². The Morgan fingerprint density at radius 2 is 1.73 bits per heavy atom. The Morgan fingerprint density at radius 1 is 1.18 bits per heavy atom. The Balaban J connectivity index is 1.93. The molecule has 1 saturated heterocycles. The molecule has 1 fully saturated rings. The van der Waals surface area contributed by atoms with E-state index in [1.54, 1.807) is 11.8 Å². The third-order valence-electron chi connectivity index (χ3n) is 3.69. The minimum absolute atomic E-state index is 0.0297. The largest absolute Gasteiger partial charge is 0.416 e. The van der Waals surface area contributed by atoms with E-state index < -0.39 is 11.7 Å². The van der Waals surface area contributed by atoms with Crippen molar-refractivity contribution < 1.29 is 18.0 Å². The molecule has 1 unspecified atom stereocenters. The summed E-state index contributed by atoms with van der Waals surface area (Å²) in [4.78, 5) is 15.6. The quantitative estimate of drug-likeness (QED) is 0.929. The number of carbonyl (C=O) groups is 1. The van der Waals surface area contributed by atoms with Gasteiger partial charge < -0.3 is 15.5 Å². The summed E-state index contributed by atoms with van der Waals surface area (Å²) >= 11 is 0. The van der Waals surface area contributed by atoms with Gasteiger partial charge in [0.05, 0.1) is 5.56 Å². The summed E-state index contributed by atoms with van der Waals surface area (Å²) in [5, 5.41) is 0. The van der Waals surface area contributed by atoms with E-state index in [4.69, 9.17) is 5.73 Å². The van der Waals surface area contributed by atoms with Crippen LogP contribution in [0.5, 0.6) is 0 Å². The van der Waals surface area contributed by atoms with Gasteiger partial charge in [0.1, 0.15) is 0 Å². The summed E-state index contributed by atoms with van der Waals surface area (Å²) in [6.07, 6.45) is -4.00. The van der Waals surface area contributed by atoms with Crippen molar-refractivity contribution in [2.24, 2.45) is 5.73 Å². The first-order valence-corrected chi connectivity index (χ1v) is 7.23. The van der Waals surface area contributed by atoms with E-state index in [2.05, 4.69) is 0 Å². The van der Waals surface area contributed by atoms with E-state index in [0.717, 1.165) is 17.8 Å². The predicted molar refractivity (Wildman–Crippen MR) is 78.5 cm³/mol. The van der Waals surface area contributed by atoms with Gasteiger partial charge in [-0.2, -0.15) is 13.2 Å². The lowest BCUT2D eigenvalue weighted by Crippen LogP contribution is -2.49. The van der Waals surface area contributed by atoms with Crippen LogP contribution in [0.15, 0.2) is 24.3 Å². The standard InChI is InChI=1S/C15H20F3N3O/c1-11(19)10-14(22)21-8-6-20(7-9-21)13-4-2-12(3-5-13)15(16,17)18/h2-5,11H,6-10,19H2,1H3. The van der Waals surface area contributed by atoms with Crippen molar-refractivity contribution >= 4 is 11.6 Å². The fourth-order valence-corrected chi connectivity index (χ4v) is 2.48. The molecule has 4 nitrogen and oxygen atoms in total. The van der Waals surface area contributed by atoms with E-state index in [1.165, 1.54) is 12.1 Å². The van der Waals surface area contributed by atoms with Gasteiger partial charge in [-0.1, -0.05) is 0 Å². The molecule has 7 heteroatoms. The molecule has 0 spiro atoms. The van der Waals surface area contributed by atoms with Gasteiger partial charge >= 0.3 is 6.18 Å². The third kappa shape index (κ3) is 4.13. The summed E-state index contributed by atoms with van der Waals surface area (Å²) in [7, 11) is 0. The minimum Gasteiger partial charge on any atom is -0.368 e. The molecule has 1 heterocycles. The van der Waals surface area contributed by atoms with Crippen molar-refractivity contribution in [2.75, 3.05) is 31.1 Å². The van der Waals surface area contributed by atoms with Gasteiger partial charge in [0.2, 0.25) is 5.91 Å². The number of halogens is 3. The lowest BCUT2D eigenvalue weighted by atomic mass is 10.1. The minimum atomic E-state index is -4.32. The van der Waals surface area contributed by atoms with Crippen LogP contribution in [0.25, 0.3) is 0 Å². The summed E-state index contributed by atoms with van der Waals surface area (Å²) in [6, 6.07) is 4.96. The maximum Gasteiger partial charge on any atom is 0.416 e. The van der Waals surface area contributed by atoms with Gasteiger partial charge in [-0.05, 0) is 31.2 Å². The van der Waals surface area contributed by atoms with Crippen molar-refractivity contribution in [3.05, 3.63) is 29.8 Å². The van der Waals surface area contributed by atoms with E-state index in [1.807, 2.05) is 4.90 Å². The zero-order chi connectivity index (χ0) is 16.3. The van der Waals surface area contributed by atoms with Crippen LogP contribution in [0.4, 0.5) is 18.9 Å². The summed E-state index contributed by atoms with van der Waals surface area (Å²) in [5.74, 6) is 0.0297. The van der Waals surface area contributed by atoms with Gasteiger partial charge in [-0.15, -0.1) is 0 Å². The maximum absolute atomic E-state index is 12.5. The molecule has 0 radical (unpaired) electrons. The number of rotatable bonds is 3. The number of nitrogens with zero attached hydrogens (tertiary/aromatic N) is 2. The van der Waals surface area contributed by atoms with Gasteiger partial charge in [0.25, 0.3) is 0 Å². The smallest absolute Gasteiger partial charge is 0.368 e. The average molecular weight is 315 g/mol. The summed E-state index contributed by atoms with van der Waals surface area (Å²) in [6.45, 7) is 4.13. The first-order chi connectivity index (χ1) is 10.3. The number of nitrogens with two attached hydrogens (primary N) is 1. The van der Waals surface area contributed by atoms with Crippen molar-refractivity contribution in [1.82, 2.24) is 4.90 Å². The topological polar surface area (TPSA) is 49.6 Å². The molecule has 0 aromatic heterocycles. The van der Waals surface area contributed by atoms with E-state index in [9.17, 15) is 18.0 Å². The van der Waals surface area contributed by atoms with Crippen LogP contribution in [-0.2, 0) is 11.0 Å². The monoisotopic (exact) mass is 315 g/mol. The molecule has 1 aliphatic heterocycles. The highest BCUT2D eigenvalue weighted by atomic mass is 19.4. The van der Waals surface area contributed by atoms with Crippen LogP contribution in [0.3, 0.4) is 0 Å². The fraction of sp³-hybridized carbons (Fsp3) is 0.533. The van der Waals surface area contributed by atoms with Crippen molar-refractivity contribution in [3.8, 4) is 0 Å². The first-order valence-electron chi connectivity index (χ1n) is 7.23. The molecule has 2 rings (SSSR count). The highest BCUT2D eigenvalue weighted by molar-refractivity contribution is 5.77. The molecule has 1 aliphatic rings. The number of benzene rings is 1. The van der Waals surface area contributed by atoms with Crippen molar-refractivity contribution in [2.45, 2.75) is 25.6 Å². The molecule has 1 atom stereocenters. The second kappa shape index (κ2) is 6.56. The van der Waals surface area contributed by atoms with Crippen LogP contribution in [0.1, 0.15) is 18.9 Å². The van der Waals surface area contributed by atoms with Gasteiger partial charge in [0, 0.05) is 44.3 Å². The lowest BCUT2D eigenvalue weighted by molar-refractivity contribution is -0.137. The highest BCUT2D eigenvalue weighted by Gasteiger charge is 2.30. The molecule has 2 N–H and O–H groups in total. The molecular weight excluding hydrogens is 295 g/mol. The van der Waals surface area contributed by atoms with Gasteiger partial charge in [-0.25, -0.2) is 0 Å². The predicted octanol–water partition coefficient (Wildman–Crippen LogP) is 2.09. The number of piperazine rings is 1. The highest BCUT2D eigenvalue weighted by Crippen LogP contribution is 2.30. The van der Waals surface area contributed by atoms with Crippen LogP contribution in [0, 0.1) is 0 Å². The number of carbonyl (C=O) groups excluding carboxylic acids is 1. The summed E-state index contributed by atoms with van der Waals surface area (Å²) in [5.41, 5.74) is 5.71. The molecule has 0 saturated carbocycles. The molecule has 1 aromatic rings. The number of anilines is 1. The maximum atomic E-state index is 12.5. The number of alkyl halides is 3. The molecular formula is C15H20F3N3O. The van der Waals surface area contributed by atoms with Crippen LogP contribution in [0.2, 0.25) is 0 Å². The summed E-state index contributed by atoms with van der Waals surface area (Å²) < 4.78 is 37.6. The molecule has 1 aromatic carbocycles. The van der Waals surface area contributed by atoms with Crippen molar-refractivity contribution in [3.63, 3.8) is 0 Å². The Labute approximate surface area is 127 Å². The molecule has 22 heavy (non-hydrogen) atoms. The third-order valence-corrected chi connectivity index (χ3v) is 3.69. The second-order valence-electron chi connectivity index (χ2n) is 5.59. The van der Waals surface area contributed by atoms with E-state index in [-0.39, 0.29) is 11.9 Å². The number of amides is 1. The Kier molecular flexibility index (Phi) is 4.95. The zero-order valence-electron chi connectivity index (χ0n) is 12.4.